The van der Waals surface area contributed by atoms with Crippen LogP contribution in [0, 0.1) is 21.4 Å². The van der Waals surface area contributed by atoms with Gasteiger partial charge >= 0.3 is 0 Å². The van der Waals surface area contributed by atoms with E-state index in [-0.39, 0.29) is 15.5 Å². The summed E-state index contributed by atoms with van der Waals surface area (Å²) >= 11 is 3.75. The third-order valence-electron chi connectivity index (χ3n) is 4.08. The lowest BCUT2D eigenvalue weighted by molar-refractivity contribution is -0.384. The number of thiophene rings is 1. The molecule has 3 rings (SSSR count). The fourth-order valence-electron chi connectivity index (χ4n) is 2.63. The number of benzene rings is 2. The van der Waals surface area contributed by atoms with E-state index in [0.29, 0.717) is 15.8 Å². The number of nitro benzene ring substituents is 1. The first-order valence-electron chi connectivity index (χ1n) is 8.55. The monoisotopic (exact) mass is 589 g/mol. The number of sulfonamides is 1. The van der Waals surface area contributed by atoms with Gasteiger partial charge < -0.3 is 0 Å². The van der Waals surface area contributed by atoms with Crippen molar-refractivity contribution in [2.24, 2.45) is 3.77 Å². The molecule has 1 aromatic heterocycles. The van der Waals surface area contributed by atoms with Crippen LogP contribution in [0.25, 0.3) is 0 Å². The Kier molecular flexibility index (Phi) is 6.78. The highest BCUT2D eigenvalue weighted by Crippen LogP contribution is 2.37. The van der Waals surface area contributed by atoms with Crippen molar-refractivity contribution in [1.29, 1.82) is 5.26 Å². The van der Waals surface area contributed by atoms with E-state index < -0.39 is 48.5 Å². The van der Waals surface area contributed by atoms with Gasteiger partial charge in [0.05, 0.1) is 19.6 Å². The van der Waals surface area contributed by atoms with Crippen LogP contribution < -0.4 is 0 Å². The lowest BCUT2D eigenvalue weighted by Gasteiger charge is -2.12. The van der Waals surface area contributed by atoms with Gasteiger partial charge in [-0.15, -0.1) is 11.3 Å². The Hall–Kier alpha value is -2.64. The minimum Gasteiger partial charge on any atom is -0.258 e. The van der Waals surface area contributed by atoms with E-state index in [9.17, 15) is 36.4 Å². The van der Waals surface area contributed by atoms with Crippen LogP contribution in [0.1, 0.15) is 4.88 Å². The zero-order chi connectivity index (χ0) is 24.6. The summed E-state index contributed by atoms with van der Waals surface area (Å²) in [6.07, 6.45) is 0.842. The summed E-state index contributed by atoms with van der Waals surface area (Å²) < 4.78 is 68.7. The lowest BCUT2D eigenvalue weighted by atomic mass is 10.3. The van der Waals surface area contributed by atoms with Gasteiger partial charge in [0, 0.05) is 22.9 Å². The molecule has 0 spiro atoms. The summed E-state index contributed by atoms with van der Waals surface area (Å²) in [5, 5.41) is 20.1. The first kappa shape index (κ1) is 25.0. The molecule has 1 atom stereocenters. The van der Waals surface area contributed by atoms with Gasteiger partial charge in [-0.1, -0.05) is 25.8 Å². The second kappa shape index (κ2) is 8.95. The fourth-order valence-corrected chi connectivity index (χ4v) is 10.3. The van der Waals surface area contributed by atoms with Crippen molar-refractivity contribution in [3.05, 3.63) is 74.1 Å². The number of hydrogen-bond acceptors (Lipinski definition) is 9. The van der Waals surface area contributed by atoms with E-state index in [1.807, 2.05) is 0 Å². The standard InChI is InChI=1S/C18H12BrN3O7S4/c1-31(25,26)18-17(10-14(11-20)30-18)32(27,16-4-2-3-12(19)9-16)21-33(28,29)15-7-5-13(6-8-15)22(23)24/h2-10H,1H3. The number of hydrogen-bond donors (Lipinski definition) is 0. The van der Waals surface area contributed by atoms with Crippen molar-refractivity contribution in [1.82, 2.24) is 0 Å². The number of nitro groups is 1. The number of nitrogens with zero attached hydrogens (tertiary/aromatic N) is 3. The fraction of sp³-hybridized carbons (Fsp3) is 0.0556. The molecule has 0 saturated heterocycles. The number of sulfone groups is 1. The maximum absolute atomic E-state index is 14.3. The molecule has 10 nitrogen and oxygen atoms in total. The molecule has 0 aliphatic rings. The highest BCUT2D eigenvalue weighted by Gasteiger charge is 2.31. The van der Waals surface area contributed by atoms with Gasteiger partial charge in [0.15, 0.2) is 9.84 Å². The van der Waals surface area contributed by atoms with Crippen molar-refractivity contribution >= 4 is 62.5 Å². The minimum absolute atomic E-state index is 0.101. The van der Waals surface area contributed by atoms with Gasteiger partial charge in [0.2, 0.25) is 0 Å². The van der Waals surface area contributed by atoms with E-state index in [4.69, 9.17) is 0 Å². The first-order valence-corrected chi connectivity index (χ1v) is 15.0. The average Bonchev–Trinajstić information content (AvgIpc) is 3.19. The predicted molar refractivity (Wildman–Crippen MR) is 124 cm³/mol. The number of halogens is 1. The molecule has 1 unspecified atom stereocenters. The SMILES string of the molecule is CS(=O)(=O)c1sc(C#N)cc1S(=O)(=NS(=O)(=O)c1ccc([N+](=O)[O-])cc1)c1cccc(Br)c1. The van der Waals surface area contributed by atoms with Gasteiger partial charge in [-0.2, -0.15) is 13.7 Å². The third kappa shape index (κ3) is 5.14. The second-order valence-corrected chi connectivity index (χ2v) is 14.6. The second-order valence-electron chi connectivity index (χ2n) is 6.43. The molecule has 0 saturated carbocycles. The number of non-ortho nitro benzene ring substituents is 1. The molecular weight excluding hydrogens is 578 g/mol. The summed E-state index contributed by atoms with van der Waals surface area (Å²) in [5.41, 5.74) is -0.363. The van der Waals surface area contributed by atoms with E-state index in [0.717, 1.165) is 36.6 Å². The van der Waals surface area contributed by atoms with Crippen molar-refractivity contribution < 1.29 is 26.0 Å². The Bertz CT molecular complexity index is 1650. The molecule has 3 aromatic rings. The molecule has 33 heavy (non-hydrogen) atoms. The van der Waals surface area contributed by atoms with E-state index in [1.54, 1.807) is 12.1 Å². The molecule has 2 aromatic carbocycles. The maximum atomic E-state index is 14.3. The van der Waals surface area contributed by atoms with Crippen LogP contribution in [0.5, 0.6) is 0 Å². The van der Waals surface area contributed by atoms with Crippen molar-refractivity contribution in [2.75, 3.05) is 6.26 Å². The summed E-state index contributed by atoms with van der Waals surface area (Å²) in [4.78, 5) is 9.01. The Morgan fingerprint density at radius 2 is 1.67 bits per heavy atom. The van der Waals surface area contributed by atoms with Crippen LogP contribution in [-0.2, 0) is 29.6 Å². The highest BCUT2D eigenvalue weighted by atomic mass is 79.9. The molecular formula is C18H12BrN3O7S4. The quantitative estimate of drug-likeness (QED) is 0.307. The van der Waals surface area contributed by atoms with Crippen LogP contribution in [0.15, 0.2) is 81.7 Å². The Morgan fingerprint density at radius 1 is 1.03 bits per heavy atom. The summed E-state index contributed by atoms with van der Waals surface area (Å²) in [7, 11) is -12.9. The van der Waals surface area contributed by atoms with Crippen molar-refractivity contribution in [2.45, 2.75) is 18.9 Å². The molecule has 0 radical (unpaired) electrons. The van der Waals surface area contributed by atoms with Gasteiger partial charge in [0.1, 0.15) is 24.9 Å². The number of nitriles is 1. The highest BCUT2D eigenvalue weighted by molar-refractivity contribution is 9.10. The van der Waals surface area contributed by atoms with Crippen LogP contribution in [0.3, 0.4) is 0 Å². The van der Waals surface area contributed by atoms with E-state index >= 15 is 0 Å². The molecule has 0 aliphatic carbocycles. The van der Waals surface area contributed by atoms with Gasteiger partial charge in [-0.25, -0.2) is 12.6 Å². The summed E-state index contributed by atoms with van der Waals surface area (Å²) in [6.45, 7) is 0. The maximum Gasteiger partial charge on any atom is 0.290 e. The van der Waals surface area contributed by atoms with Gasteiger partial charge in [-0.3, -0.25) is 10.1 Å². The van der Waals surface area contributed by atoms with E-state index in [2.05, 4.69) is 19.7 Å². The summed E-state index contributed by atoms with van der Waals surface area (Å²) in [6, 6.07) is 12.3. The molecule has 15 heteroatoms. The normalized spacial score (nSPS) is 13.6. The number of rotatable bonds is 6. The zero-order valence-electron chi connectivity index (χ0n) is 16.4. The smallest absolute Gasteiger partial charge is 0.258 e. The van der Waals surface area contributed by atoms with Crippen LogP contribution in [-0.4, -0.2) is 32.2 Å². The van der Waals surface area contributed by atoms with Crippen molar-refractivity contribution in [3.63, 3.8) is 0 Å². The minimum atomic E-state index is -4.69. The Labute approximate surface area is 201 Å². The predicted octanol–water partition coefficient (Wildman–Crippen LogP) is 3.97. The topological polar surface area (TPSA) is 165 Å². The molecule has 1 heterocycles. The Balaban J connectivity index is 2.41. The van der Waals surface area contributed by atoms with Crippen molar-refractivity contribution in [3.8, 4) is 6.07 Å². The third-order valence-corrected chi connectivity index (χ3v) is 12.0. The molecule has 0 amide bonds. The molecule has 172 valence electrons. The lowest BCUT2D eigenvalue weighted by Crippen LogP contribution is -2.10. The first-order chi connectivity index (χ1) is 15.3. The molecule has 0 aliphatic heterocycles. The largest absolute Gasteiger partial charge is 0.290 e. The van der Waals surface area contributed by atoms with E-state index in [1.165, 1.54) is 18.2 Å². The molecule has 0 fully saturated rings. The molecule has 0 bridgehead atoms. The van der Waals surface area contributed by atoms with Gasteiger partial charge in [-0.05, 0) is 36.4 Å². The molecule has 0 N–H and O–H groups in total. The van der Waals surface area contributed by atoms with Gasteiger partial charge in [0.25, 0.3) is 15.7 Å². The van der Waals surface area contributed by atoms with Crippen LogP contribution in [0.4, 0.5) is 5.69 Å². The van der Waals surface area contributed by atoms with Crippen LogP contribution in [0.2, 0.25) is 0 Å². The average molecular weight is 590 g/mol. The Morgan fingerprint density at radius 3 is 2.18 bits per heavy atom. The summed E-state index contributed by atoms with van der Waals surface area (Å²) in [5.74, 6) is 0. The zero-order valence-corrected chi connectivity index (χ0v) is 21.3. The van der Waals surface area contributed by atoms with Crippen LogP contribution >= 0.6 is 27.3 Å².